The molecule has 2 aliphatic rings. The van der Waals surface area contributed by atoms with Crippen molar-refractivity contribution in [2.24, 2.45) is 17.8 Å². The van der Waals surface area contributed by atoms with Gasteiger partial charge in [0.2, 0.25) is 0 Å². The summed E-state index contributed by atoms with van der Waals surface area (Å²) in [4.78, 5) is 11.9. The molecular formula is C16H20O5S. The zero-order chi connectivity index (χ0) is 15.9. The molecule has 2 fully saturated rings. The molecule has 22 heavy (non-hydrogen) atoms. The Bertz CT molecular complexity index is 652. The van der Waals surface area contributed by atoms with Gasteiger partial charge in [0.25, 0.3) is 10.1 Å². The second-order valence-corrected chi connectivity index (χ2v) is 7.63. The van der Waals surface area contributed by atoms with Crippen molar-refractivity contribution in [1.29, 1.82) is 0 Å². The molecule has 0 spiro atoms. The number of carbonyl (C=O) groups is 1. The lowest BCUT2D eigenvalue weighted by molar-refractivity contribution is -0.145. The number of aryl methyl sites for hydroxylation is 1. The highest BCUT2D eigenvalue weighted by Crippen LogP contribution is 2.58. The lowest BCUT2D eigenvalue weighted by Gasteiger charge is -2.15. The third-order valence-corrected chi connectivity index (χ3v) is 5.91. The van der Waals surface area contributed by atoms with Crippen molar-refractivity contribution in [3.63, 3.8) is 0 Å². The van der Waals surface area contributed by atoms with E-state index in [1.165, 1.54) is 0 Å². The first-order valence-electron chi connectivity index (χ1n) is 7.59. The zero-order valence-electron chi connectivity index (χ0n) is 12.7. The van der Waals surface area contributed by atoms with Crippen molar-refractivity contribution in [3.8, 4) is 0 Å². The average Bonchev–Trinajstić information content (AvgIpc) is 2.96. The summed E-state index contributed by atoms with van der Waals surface area (Å²) in [6.45, 7) is 4.07. The van der Waals surface area contributed by atoms with E-state index in [0.29, 0.717) is 19.4 Å². The van der Waals surface area contributed by atoms with Gasteiger partial charge in [-0.3, -0.25) is 8.98 Å². The van der Waals surface area contributed by atoms with Crippen LogP contribution in [0.4, 0.5) is 0 Å². The smallest absolute Gasteiger partial charge is 0.309 e. The summed E-state index contributed by atoms with van der Waals surface area (Å²) in [7, 11) is -3.73. The van der Waals surface area contributed by atoms with Gasteiger partial charge in [-0.15, -0.1) is 0 Å². The number of hydrogen-bond donors (Lipinski definition) is 0. The Morgan fingerprint density at radius 1 is 1.18 bits per heavy atom. The van der Waals surface area contributed by atoms with Crippen LogP contribution >= 0.6 is 0 Å². The average molecular weight is 324 g/mol. The summed E-state index contributed by atoms with van der Waals surface area (Å²) < 4.78 is 34.8. The van der Waals surface area contributed by atoms with E-state index in [2.05, 4.69) is 0 Å². The highest BCUT2D eigenvalue weighted by molar-refractivity contribution is 7.86. The van der Waals surface area contributed by atoms with Gasteiger partial charge in [-0.05, 0) is 50.7 Å². The first-order chi connectivity index (χ1) is 10.4. The molecule has 0 saturated heterocycles. The van der Waals surface area contributed by atoms with Crippen LogP contribution in [0.3, 0.4) is 0 Å². The van der Waals surface area contributed by atoms with E-state index in [1.807, 2.05) is 6.92 Å². The van der Waals surface area contributed by atoms with Crippen molar-refractivity contribution in [1.82, 2.24) is 0 Å². The third kappa shape index (κ3) is 2.90. The number of carbonyl (C=O) groups excluding carboxylic acids is 1. The molecule has 2 unspecified atom stereocenters. The molecule has 4 atom stereocenters. The van der Waals surface area contributed by atoms with E-state index in [0.717, 1.165) is 5.56 Å². The van der Waals surface area contributed by atoms with Crippen LogP contribution in [-0.2, 0) is 23.8 Å². The van der Waals surface area contributed by atoms with E-state index in [1.54, 1.807) is 31.2 Å². The molecule has 2 aliphatic carbocycles. The summed E-state index contributed by atoms with van der Waals surface area (Å²) in [6.07, 6.45) is 0.894. The molecule has 5 nitrogen and oxygen atoms in total. The first-order valence-corrected chi connectivity index (χ1v) is 9.00. The minimum absolute atomic E-state index is 0.0538. The van der Waals surface area contributed by atoms with Crippen LogP contribution in [0.25, 0.3) is 0 Å². The van der Waals surface area contributed by atoms with Gasteiger partial charge in [-0.25, -0.2) is 0 Å². The first kappa shape index (κ1) is 15.5. The molecule has 0 heterocycles. The molecule has 0 aliphatic heterocycles. The Labute approximate surface area is 130 Å². The number of fused-ring (bicyclic) bond motifs is 1. The normalized spacial score (nSPS) is 29.9. The van der Waals surface area contributed by atoms with Gasteiger partial charge in [0.1, 0.15) is 0 Å². The van der Waals surface area contributed by atoms with Crippen molar-refractivity contribution in [2.75, 3.05) is 6.61 Å². The van der Waals surface area contributed by atoms with Gasteiger partial charge in [-0.2, -0.15) is 8.42 Å². The van der Waals surface area contributed by atoms with Crippen molar-refractivity contribution >= 4 is 16.1 Å². The van der Waals surface area contributed by atoms with Gasteiger partial charge < -0.3 is 4.74 Å². The minimum Gasteiger partial charge on any atom is -0.466 e. The maximum absolute atomic E-state index is 12.2. The Kier molecular flexibility index (Phi) is 3.99. The number of esters is 1. The monoisotopic (exact) mass is 324 g/mol. The second kappa shape index (κ2) is 5.66. The Morgan fingerprint density at radius 3 is 2.32 bits per heavy atom. The number of benzene rings is 1. The largest absolute Gasteiger partial charge is 0.466 e. The van der Waals surface area contributed by atoms with E-state index < -0.39 is 10.1 Å². The molecule has 1 aromatic rings. The van der Waals surface area contributed by atoms with Crippen LogP contribution in [0, 0.1) is 24.7 Å². The van der Waals surface area contributed by atoms with Crippen LogP contribution in [0.5, 0.6) is 0 Å². The number of rotatable bonds is 5. The van der Waals surface area contributed by atoms with E-state index in [4.69, 9.17) is 8.92 Å². The molecule has 0 aromatic heterocycles. The standard InChI is InChI=1S/C16H20O5S/c1-3-20-16(17)15-13-8-11(9-14(13)15)21-22(18,19)12-6-4-10(2)5-7-12/h4-7,11,13-15H,3,8-9H2,1-2H3/t11?,13-,14+,15?. The summed E-state index contributed by atoms with van der Waals surface area (Å²) in [6, 6.07) is 6.61. The molecule has 6 heteroatoms. The number of hydrogen-bond acceptors (Lipinski definition) is 5. The van der Waals surface area contributed by atoms with E-state index in [-0.39, 0.29) is 34.7 Å². The van der Waals surface area contributed by atoms with Gasteiger partial charge in [0.15, 0.2) is 0 Å². The Balaban J connectivity index is 1.58. The van der Waals surface area contributed by atoms with Gasteiger partial charge in [0, 0.05) is 0 Å². The van der Waals surface area contributed by atoms with E-state index >= 15 is 0 Å². The quantitative estimate of drug-likeness (QED) is 0.614. The van der Waals surface area contributed by atoms with Crippen LogP contribution in [0.2, 0.25) is 0 Å². The van der Waals surface area contributed by atoms with Gasteiger partial charge >= 0.3 is 5.97 Å². The van der Waals surface area contributed by atoms with E-state index in [9.17, 15) is 13.2 Å². The third-order valence-electron chi connectivity index (χ3n) is 4.53. The molecule has 0 radical (unpaired) electrons. The Morgan fingerprint density at radius 2 is 1.77 bits per heavy atom. The Hall–Kier alpha value is -1.40. The highest BCUT2D eigenvalue weighted by Gasteiger charge is 2.61. The van der Waals surface area contributed by atoms with Gasteiger partial charge in [-0.1, -0.05) is 17.7 Å². The van der Waals surface area contributed by atoms with Crippen LogP contribution in [0.1, 0.15) is 25.3 Å². The molecule has 0 bridgehead atoms. The second-order valence-electron chi connectivity index (χ2n) is 6.06. The molecule has 0 N–H and O–H groups in total. The van der Waals surface area contributed by atoms with Crippen LogP contribution in [0.15, 0.2) is 29.2 Å². The SMILES string of the molecule is CCOC(=O)C1[C@H]2CC(OS(=O)(=O)c3ccc(C)cc3)C[C@@H]12. The van der Waals surface area contributed by atoms with Crippen molar-refractivity contribution in [3.05, 3.63) is 29.8 Å². The van der Waals surface area contributed by atoms with Crippen molar-refractivity contribution in [2.45, 2.75) is 37.7 Å². The predicted molar refractivity (Wildman–Crippen MR) is 79.6 cm³/mol. The lowest BCUT2D eigenvalue weighted by Crippen LogP contribution is -2.20. The maximum Gasteiger partial charge on any atom is 0.309 e. The fraction of sp³-hybridized carbons (Fsp3) is 0.562. The fourth-order valence-corrected chi connectivity index (χ4v) is 4.49. The molecular weight excluding hydrogens is 304 g/mol. The minimum atomic E-state index is -3.73. The fourth-order valence-electron chi connectivity index (χ4n) is 3.40. The zero-order valence-corrected chi connectivity index (χ0v) is 13.5. The summed E-state index contributed by atoms with van der Waals surface area (Å²) >= 11 is 0. The number of ether oxygens (including phenoxy) is 1. The highest BCUT2D eigenvalue weighted by atomic mass is 32.2. The molecule has 3 rings (SSSR count). The summed E-state index contributed by atoms with van der Waals surface area (Å²) in [5.74, 6) is 0.230. The molecule has 120 valence electrons. The van der Waals surface area contributed by atoms with Crippen molar-refractivity contribution < 1.29 is 22.1 Å². The maximum atomic E-state index is 12.2. The molecule has 1 aromatic carbocycles. The van der Waals surface area contributed by atoms with Gasteiger partial charge in [0.05, 0.1) is 23.5 Å². The topological polar surface area (TPSA) is 69.7 Å². The molecule has 2 saturated carbocycles. The summed E-state index contributed by atoms with van der Waals surface area (Å²) in [5.41, 5.74) is 0.998. The molecule has 0 amide bonds. The lowest BCUT2D eigenvalue weighted by atomic mass is 10.1. The summed E-state index contributed by atoms with van der Waals surface area (Å²) in [5, 5.41) is 0. The van der Waals surface area contributed by atoms with Crippen LogP contribution in [-0.4, -0.2) is 27.1 Å². The van der Waals surface area contributed by atoms with Crippen LogP contribution < -0.4 is 0 Å². The predicted octanol–water partition coefficient (Wildman–Crippen LogP) is 2.29.